The Morgan fingerprint density at radius 1 is 0.429 bits per heavy atom. The van der Waals surface area contributed by atoms with E-state index in [2.05, 4.69) is 123 Å². The lowest BCUT2D eigenvalue weighted by Gasteiger charge is -2.24. The van der Waals surface area contributed by atoms with E-state index in [1.165, 1.54) is 116 Å². The van der Waals surface area contributed by atoms with Gasteiger partial charge in [-0.3, -0.25) is 9.59 Å². The van der Waals surface area contributed by atoms with Crippen molar-refractivity contribution >= 4 is 11.9 Å². The number of aliphatic hydroxyl groups excluding tert-OH is 2. The molecule has 0 saturated carbocycles. The second-order valence-corrected chi connectivity index (χ2v) is 19.7. The fourth-order valence-corrected chi connectivity index (χ4v) is 8.47. The van der Waals surface area contributed by atoms with Gasteiger partial charge in [-0.1, -0.05) is 253 Å². The Bertz CT molecular complexity index is 1370. The summed E-state index contributed by atoms with van der Waals surface area (Å²) in [6.07, 6.45) is 76.2. The first-order chi connectivity index (χ1) is 34.5. The number of carbonyl (C=O) groups excluding carboxylic acids is 2. The first-order valence-corrected chi connectivity index (χ1v) is 29.5. The van der Waals surface area contributed by atoms with Crippen LogP contribution in [0.2, 0.25) is 0 Å². The molecule has 0 aromatic heterocycles. The van der Waals surface area contributed by atoms with Crippen LogP contribution in [-0.4, -0.2) is 46.9 Å². The molecule has 0 saturated heterocycles. The van der Waals surface area contributed by atoms with E-state index in [1.807, 2.05) is 0 Å². The van der Waals surface area contributed by atoms with Crippen LogP contribution in [-0.2, 0) is 14.3 Å². The molecule has 1 amide bonds. The molecule has 0 aromatic rings. The smallest absolute Gasteiger partial charge is 0.306 e. The van der Waals surface area contributed by atoms with Gasteiger partial charge in [-0.05, 0) is 103 Å². The number of rotatable bonds is 52. The summed E-state index contributed by atoms with van der Waals surface area (Å²) in [6, 6.07) is -0.732. The van der Waals surface area contributed by atoms with Crippen molar-refractivity contribution in [3.8, 4) is 0 Å². The molecule has 0 rings (SSSR count). The molecule has 402 valence electrons. The van der Waals surface area contributed by atoms with Crippen molar-refractivity contribution < 1.29 is 24.5 Å². The summed E-state index contributed by atoms with van der Waals surface area (Å²) in [7, 11) is 0. The first kappa shape index (κ1) is 66.8. The van der Waals surface area contributed by atoms with Gasteiger partial charge in [0.2, 0.25) is 5.91 Å². The number of hydrogen-bond donors (Lipinski definition) is 3. The fraction of sp³-hybridized carbons (Fsp3) is 0.719. The van der Waals surface area contributed by atoms with Crippen LogP contribution in [0.25, 0.3) is 0 Å². The molecule has 6 nitrogen and oxygen atoms in total. The Morgan fingerprint density at radius 3 is 1.23 bits per heavy atom. The zero-order valence-electron chi connectivity index (χ0n) is 45.9. The number of carbonyl (C=O) groups is 2. The zero-order valence-corrected chi connectivity index (χ0v) is 45.9. The lowest BCUT2D eigenvalue weighted by atomic mass is 10.0. The van der Waals surface area contributed by atoms with Crippen molar-refractivity contribution in [2.75, 3.05) is 6.61 Å². The summed E-state index contributed by atoms with van der Waals surface area (Å²) in [6.45, 7) is 6.34. The number of nitrogens with one attached hydrogen (secondary N) is 1. The van der Waals surface area contributed by atoms with Crippen LogP contribution in [0.15, 0.2) is 97.2 Å². The highest BCUT2D eigenvalue weighted by molar-refractivity contribution is 5.77. The average Bonchev–Trinajstić information content (AvgIpc) is 3.35. The van der Waals surface area contributed by atoms with Crippen molar-refractivity contribution in [2.45, 2.75) is 289 Å². The van der Waals surface area contributed by atoms with E-state index >= 15 is 0 Å². The van der Waals surface area contributed by atoms with Gasteiger partial charge >= 0.3 is 5.97 Å². The molecule has 0 aliphatic carbocycles. The molecule has 0 aliphatic rings. The minimum Gasteiger partial charge on any atom is -0.462 e. The van der Waals surface area contributed by atoms with Crippen molar-refractivity contribution in [1.29, 1.82) is 0 Å². The monoisotopic (exact) mass is 974 g/mol. The Labute approximate surface area is 433 Å². The highest BCUT2D eigenvalue weighted by Gasteiger charge is 2.24. The molecule has 0 heterocycles. The summed E-state index contributed by atoms with van der Waals surface area (Å²) >= 11 is 0. The van der Waals surface area contributed by atoms with E-state index in [4.69, 9.17) is 4.74 Å². The molecule has 0 bridgehead atoms. The van der Waals surface area contributed by atoms with Crippen LogP contribution in [0.3, 0.4) is 0 Å². The van der Waals surface area contributed by atoms with Gasteiger partial charge in [0.25, 0.3) is 0 Å². The van der Waals surface area contributed by atoms with Gasteiger partial charge < -0.3 is 20.3 Å². The van der Waals surface area contributed by atoms with E-state index in [0.717, 1.165) is 109 Å². The standard InChI is InChI=1S/C64H111NO5/c1-4-7-10-13-16-19-22-25-28-31-34-37-40-43-46-49-52-55-60(70-64(69)57-54-51-48-45-42-39-36-33-30-27-24-21-18-15-12-9-6-3)58-63(68)65-61(59-66)62(67)56-53-50-47-44-41-38-35-32-29-26-23-20-17-14-11-8-5-2/h7,10,16,18-19,21,25,27-28,30,34,36-37,39,43,46,60-62,66-67H,4-6,8-9,11-15,17,20,22-24,26,29,31-33,35,38,40-42,44-45,47-59H2,1-3H3,(H,65,68)/b10-7-,19-16-,21-18-,28-25-,30-27-,37-34-,39-36-,46-43-. The summed E-state index contributed by atoms with van der Waals surface area (Å²) in [5.74, 6) is -0.556. The van der Waals surface area contributed by atoms with E-state index in [0.29, 0.717) is 19.3 Å². The third-order valence-electron chi connectivity index (χ3n) is 12.9. The van der Waals surface area contributed by atoms with Gasteiger partial charge in [-0.15, -0.1) is 0 Å². The van der Waals surface area contributed by atoms with Gasteiger partial charge in [-0.2, -0.15) is 0 Å². The number of unbranched alkanes of at least 4 members (excludes halogenated alkanes) is 24. The fourth-order valence-electron chi connectivity index (χ4n) is 8.47. The Hall–Kier alpha value is -3.22. The van der Waals surface area contributed by atoms with Crippen LogP contribution in [0.4, 0.5) is 0 Å². The van der Waals surface area contributed by atoms with E-state index in [-0.39, 0.29) is 24.9 Å². The molecule has 3 unspecified atom stereocenters. The molecule has 6 heteroatoms. The van der Waals surface area contributed by atoms with Crippen LogP contribution in [0.1, 0.15) is 271 Å². The van der Waals surface area contributed by atoms with Gasteiger partial charge in [0.1, 0.15) is 6.10 Å². The molecule has 0 spiro atoms. The Kier molecular flexibility index (Phi) is 54.1. The van der Waals surface area contributed by atoms with Gasteiger partial charge in [-0.25, -0.2) is 0 Å². The molecule has 3 atom stereocenters. The predicted octanol–water partition coefficient (Wildman–Crippen LogP) is 18.5. The largest absolute Gasteiger partial charge is 0.462 e. The van der Waals surface area contributed by atoms with Crippen molar-refractivity contribution in [3.63, 3.8) is 0 Å². The van der Waals surface area contributed by atoms with E-state index in [9.17, 15) is 19.8 Å². The number of allylic oxidation sites excluding steroid dienone is 16. The molecule has 3 N–H and O–H groups in total. The number of ether oxygens (including phenoxy) is 1. The van der Waals surface area contributed by atoms with Gasteiger partial charge in [0.15, 0.2) is 0 Å². The highest BCUT2D eigenvalue weighted by Crippen LogP contribution is 2.17. The molecular weight excluding hydrogens is 863 g/mol. The van der Waals surface area contributed by atoms with Crippen molar-refractivity contribution in [2.24, 2.45) is 0 Å². The molecule has 0 radical (unpaired) electrons. The molecule has 0 fully saturated rings. The molecular formula is C64H111NO5. The normalized spacial score (nSPS) is 13.8. The molecule has 0 aliphatic heterocycles. The van der Waals surface area contributed by atoms with Gasteiger partial charge in [0.05, 0.1) is 25.2 Å². The average molecular weight is 975 g/mol. The lowest BCUT2D eigenvalue weighted by Crippen LogP contribution is -2.46. The second-order valence-electron chi connectivity index (χ2n) is 19.7. The number of esters is 1. The van der Waals surface area contributed by atoms with E-state index < -0.39 is 18.2 Å². The maximum atomic E-state index is 13.3. The summed E-state index contributed by atoms with van der Waals surface area (Å²) in [4.78, 5) is 26.3. The van der Waals surface area contributed by atoms with Crippen molar-refractivity contribution in [1.82, 2.24) is 5.32 Å². The quantitative estimate of drug-likeness (QED) is 0.0321. The Morgan fingerprint density at radius 2 is 0.786 bits per heavy atom. The molecule has 0 aromatic carbocycles. The minimum absolute atomic E-state index is 0.0248. The third-order valence-corrected chi connectivity index (χ3v) is 12.9. The van der Waals surface area contributed by atoms with Crippen LogP contribution in [0, 0.1) is 0 Å². The summed E-state index contributed by atoms with van der Waals surface area (Å²) < 4.78 is 5.93. The number of amides is 1. The van der Waals surface area contributed by atoms with Crippen molar-refractivity contribution in [3.05, 3.63) is 97.2 Å². The van der Waals surface area contributed by atoms with Crippen LogP contribution >= 0.6 is 0 Å². The predicted molar refractivity (Wildman–Crippen MR) is 305 cm³/mol. The first-order valence-electron chi connectivity index (χ1n) is 29.5. The zero-order chi connectivity index (χ0) is 50.9. The van der Waals surface area contributed by atoms with Crippen LogP contribution < -0.4 is 5.32 Å². The topological polar surface area (TPSA) is 95.9 Å². The summed E-state index contributed by atoms with van der Waals surface area (Å²) in [5, 5.41) is 23.9. The Balaban J connectivity index is 4.69. The minimum atomic E-state index is -0.814. The second kappa shape index (κ2) is 56.7. The van der Waals surface area contributed by atoms with E-state index in [1.54, 1.807) is 0 Å². The SMILES string of the molecule is CC/C=C\C/C=C\C/C=C\C/C=C\C/C=C\CCCC(CC(=O)NC(CO)C(O)CCCCCCCCCCCCCCCCCCC)OC(=O)CCCCCC/C=C\C/C=C\C/C=C\CCCCC. The lowest BCUT2D eigenvalue weighted by molar-refractivity contribution is -0.151. The molecule has 70 heavy (non-hydrogen) atoms. The third kappa shape index (κ3) is 51.1. The number of hydrogen-bond acceptors (Lipinski definition) is 5. The summed E-state index contributed by atoms with van der Waals surface area (Å²) in [5.41, 5.74) is 0. The van der Waals surface area contributed by atoms with Gasteiger partial charge in [0, 0.05) is 6.42 Å². The number of aliphatic hydroxyl groups is 2. The van der Waals surface area contributed by atoms with Crippen LogP contribution in [0.5, 0.6) is 0 Å². The maximum Gasteiger partial charge on any atom is 0.306 e. The maximum absolute atomic E-state index is 13.3. The highest BCUT2D eigenvalue weighted by atomic mass is 16.5.